The highest BCUT2D eigenvalue weighted by Crippen LogP contribution is 2.25. The monoisotopic (exact) mass is 265 g/mol. The van der Waals surface area contributed by atoms with E-state index in [9.17, 15) is 0 Å². The second-order valence-electron chi connectivity index (χ2n) is 5.94. The Morgan fingerprint density at radius 1 is 1.11 bits per heavy atom. The third-order valence-electron chi connectivity index (χ3n) is 2.84. The molecule has 1 nitrogen and oxygen atoms in total. The second kappa shape index (κ2) is 7.85. The zero-order valence-electron chi connectivity index (χ0n) is 12.3. The molecule has 0 heterocycles. The van der Waals surface area contributed by atoms with Crippen LogP contribution < -0.4 is 5.32 Å². The second-order valence-corrected chi connectivity index (χ2v) is 7.11. The van der Waals surface area contributed by atoms with Crippen molar-refractivity contribution >= 4 is 11.8 Å². The predicted molar refractivity (Wildman–Crippen MR) is 83.2 cm³/mol. The Labute approximate surface area is 117 Å². The lowest BCUT2D eigenvalue weighted by atomic mass is 9.91. The van der Waals surface area contributed by atoms with E-state index in [0.717, 1.165) is 13.1 Å². The fourth-order valence-corrected chi connectivity index (χ4v) is 2.62. The van der Waals surface area contributed by atoms with Crippen molar-refractivity contribution < 1.29 is 0 Å². The van der Waals surface area contributed by atoms with Crippen LogP contribution in [0.15, 0.2) is 29.2 Å². The standard InChI is InChI=1S/C16H27NS/c1-5-17-13-14-7-9-15(10-8-14)18-12-6-11-16(2,3)4/h7-10,17H,5-6,11-13H2,1-4H3. The summed E-state index contributed by atoms with van der Waals surface area (Å²) < 4.78 is 0. The topological polar surface area (TPSA) is 12.0 Å². The first-order chi connectivity index (χ1) is 8.51. The smallest absolute Gasteiger partial charge is 0.0205 e. The summed E-state index contributed by atoms with van der Waals surface area (Å²) in [6, 6.07) is 8.95. The Balaban J connectivity index is 2.26. The van der Waals surface area contributed by atoms with Crippen LogP contribution in [0, 0.1) is 5.41 Å². The number of benzene rings is 1. The van der Waals surface area contributed by atoms with Crippen LogP contribution in [-0.4, -0.2) is 12.3 Å². The molecule has 18 heavy (non-hydrogen) atoms. The van der Waals surface area contributed by atoms with Gasteiger partial charge in [0, 0.05) is 11.4 Å². The normalized spacial score (nSPS) is 11.8. The van der Waals surface area contributed by atoms with Crippen molar-refractivity contribution in [2.45, 2.75) is 52.0 Å². The van der Waals surface area contributed by atoms with Gasteiger partial charge >= 0.3 is 0 Å². The summed E-state index contributed by atoms with van der Waals surface area (Å²) in [5, 5.41) is 3.35. The average molecular weight is 265 g/mol. The molecular weight excluding hydrogens is 238 g/mol. The summed E-state index contributed by atoms with van der Waals surface area (Å²) in [5.41, 5.74) is 1.84. The number of thioether (sulfide) groups is 1. The van der Waals surface area contributed by atoms with Crippen molar-refractivity contribution in [3.8, 4) is 0 Å². The fourth-order valence-electron chi connectivity index (χ4n) is 1.77. The van der Waals surface area contributed by atoms with Crippen molar-refractivity contribution in [1.29, 1.82) is 0 Å². The van der Waals surface area contributed by atoms with Crippen LogP contribution in [0.4, 0.5) is 0 Å². The van der Waals surface area contributed by atoms with Gasteiger partial charge in [-0.05, 0) is 48.3 Å². The summed E-state index contributed by atoms with van der Waals surface area (Å²) >= 11 is 1.97. The van der Waals surface area contributed by atoms with Crippen molar-refractivity contribution in [2.24, 2.45) is 5.41 Å². The van der Waals surface area contributed by atoms with Gasteiger partial charge in [-0.1, -0.05) is 39.8 Å². The van der Waals surface area contributed by atoms with Gasteiger partial charge in [0.15, 0.2) is 0 Å². The molecule has 0 spiro atoms. The van der Waals surface area contributed by atoms with E-state index < -0.39 is 0 Å². The number of hydrogen-bond acceptors (Lipinski definition) is 2. The summed E-state index contributed by atoms with van der Waals surface area (Å²) in [4.78, 5) is 1.39. The van der Waals surface area contributed by atoms with Crippen LogP contribution >= 0.6 is 11.8 Å². The average Bonchev–Trinajstić information content (AvgIpc) is 2.32. The Morgan fingerprint density at radius 3 is 2.33 bits per heavy atom. The van der Waals surface area contributed by atoms with Gasteiger partial charge in [-0.3, -0.25) is 0 Å². The molecule has 1 aromatic rings. The lowest BCUT2D eigenvalue weighted by Crippen LogP contribution is -2.11. The first-order valence-electron chi connectivity index (χ1n) is 6.94. The maximum atomic E-state index is 3.35. The van der Waals surface area contributed by atoms with E-state index in [2.05, 4.69) is 57.3 Å². The molecule has 1 aromatic carbocycles. The maximum Gasteiger partial charge on any atom is 0.0205 e. The van der Waals surface area contributed by atoms with E-state index in [-0.39, 0.29) is 0 Å². The van der Waals surface area contributed by atoms with E-state index in [1.165, 1.54) is 29.1 Å². The molecule has 1 N–H and O–H groups in total. The van der Waals surface area contributed by atoms with Gasteiger partial charge in [0.25, 0.3) is 0 Å². The highest BCUT2D eigenvalue weighted by atomic mass is 32.2. The van der Waals surface area contributed by atoms with E-state index in [1.54, 1.807) is 0 Å². The van der Waals surface area contributed by atoms with Gasteiger partial charge in [-0.25, -0.2) is 0 Å². The van der Waals surface area contributed by atoms with E-state index in [0.29, 0.717) is 5.41 Å². The minimum absolute atomic E-state index is 0.468. The summed E-state index contributed by atoms with van der Waals surface area (Å²) in [6.07, 6.45) is 2.60. The number of rotatable bonds is 7. The minimum atomic E-state index is 0.468. The summed E-state index contributed by atoms with van der Waals surface area (Å²) in [5.74, 6) is 1.23. The molecule has 0 aliphatic carbocycles. The zero-order chi connectivity index (χ0) is 13.4. The van der Waals surface area contributed by atoms with Gasteiger partial charge < -0.3 is 5.32 Å². The van der Waals surface area contributed by atoms with Gasteiger partial charge in [0.1, 0.15) is 0 Å². The molecule has 0 saturated carbocycles. The maximum absolute atomic E-state index is 3.35. The van der Waals surface area contributed by atoms with Gasteiger partial charge in [0.05, 0.1) is 0 Å². The first-order valence-corrected chi connectivity index (χ1v) is 7.92. The largest absolute Gasteiger partial charge is 0.313 e. The number of nitrogens with one attached hydrogen (secondary N) is 1. The molecule has 0 aliphatic heterocycles. The van der Waals surface area contributed by atoms with Crippen LogP contribution in [0.2, 0.25) is 0 Å². The molecule has 0 unspecified atom stereocenters. The number of hydrogen-bond donors (Lipinski definition) is 1. The SMILES string of the molecule is CCNCc1ccc(SCCCC(C)(C)C)cc1. The van der Waals surface area contributed by atoms with E-state index >= 15 is 0 Å². The molecular formula is C16H27NS. The van der Waals surface area contributed by atoms with Crippen molar-refractivity contribution in [2.75, 3.05) is 12.3 Å². The van der Waals surface area contributed by atoms with Gasteiger partial charge in [-0.2, -0.15) is 0 Å². The molecule has 102 valence electrons. The molecule has 0 saturated heterocycles. The summed E-state index contributed by atoms with van der Waals surface area (Å²) in [6.45, 7) is 11.1. The van der Waals surface area contributed by atoms with Crippen molar-refractivity contribution in [3.63, 3.8) is 0 Å². The lowest BCUT2D eigenvalue weighted by molar-refractivity contribution is 0.375. The van der Waals surface area contributed by atoms with Crippen LogP contribution in [0.1, 0.15) is 46.1 Å². The van der Waals surface area contributed by atoms with Gasteiger partial charge in [0.2, 0.25) is 0 Å². The Hall–Kier alpha value is -0.470. The van der Waals surface area contributed by atoms with Crippen LogP contribution in [0.3, 0.4) is 0 Å². The molecule has 0 atom stereocenters. The zero-order valence-corrected chi connectivity index (χ0v) is 13.1. The summed E-state index contributed by atoms with van der Waals surface area (Å²) in [7, 11) is 0. The van der Waals surface area contributed by atoms with E-state index in [1.807, 2.05) is 11.8 Å². The van der Waals surface area contributed by atoms with Crippen LogP contribution in [0.25, 0.3) is 0 Å². The van der Waals surface area contributed by atoms with E-state index in [4.69, 9.17) is 0 Å². The molecule has 0 aromatic heterocycles. The Kier molecular flexibility index (Phi) is 6.80. The molecule has 1 rings (SSSR count). The van der Waals surface area contributed by atoms with Crippen LogP contribution in [0.5, 0.6) is 0 Å². The molecule has 0 bridgehead atoms. The third-order valence-corrected chi connectivity index (χ3v) is 3.94. The highest BCUT2D eigenvalue weighted by Gasteiger charge is 2.08. The highest BCUT2D eigenvalue weighted by molar-refractivity contribution is 7.99. The predicted octanol–water partition coefficient (Wildman–Crippen LogP) is 4.71. The van der Waals surface area contributed by atoms with Gasteiger partial charge in [-0.15, -0.1) is 11.8 Å². The Morgan fingerprint density at radius 2 is 1.78 bits per heavy atom. The quantitative estimate of drug-likeness (QED) is 0.566. The van der Waals surface area contributed by atoms with Crippen molar-refractivity contribution in [3.05, 3.63) is 29.8 Å². The molecule has 0 amide bonds. The van der Waals surface area contributed by atoms with Crippen molar-refractivity contribution in [1.82, 2.24) is 5.32 Å². The fraction of sp³-hybridized carbons (Fsp3) is 0.625. The minimum Gasteiger partial charge on any atom is -0.313 e. The lowest BCUT2D eigenvalue weighted by Gasteiger charge is -2.17. The first kappa shape index (κ1) is 15.6. The van der Waals surface area contributed by atoms with Crippen LogP contribution in [-0.2, 0) is 6.54 Å². The third kappa shape index (κ3) is 7.07. The molecule has 0 radical (unpaired) electrons. The Bertz CT molecular complexity index is 324. The molecule has 2 heteroatoms. The molecule has 0 fully saturated rings. The molecule has 0 aliphatic rings.